The van der Waals surface area contributed by atoms with Gasteiger partial charge in [-0.05, 0) is 54.7 Å². The zero-order chi connectivity index (χ0) is 30.8. The summed E-state index contributed by atoms with van der Waals surface area (Å²) in [5.74, 6) is -0.450. The maximum atomic E-state index is 14.0. The number of carbonyl (C=O) groups excluding carboxylic acids is 2. The molecule has 3 aromatic carbocycles. The first-order chi connectivity index (χ1) is 20.6. The van der Waals surface area contributed by atoms with E-state index in [0.717, 1.165) is 37.7 Å². The zero-order valence-electron chi connectivity index (χ0n) is 24.4. The Morgan fingerprint density at radius 1 is 0.930 bits per heavy atom. The molecule has 2 amide bonds. The van der Waals surface area contributed by atoms with E-state index in [9.17, 15) is 18.0 Å². The fourth-order valence-electron chi connectivity index (χ4n) is 5.42. The van der Waals surface area contributed by atoms with Crippen molar-refractivity contribution in [3.63, 3.8) is 0 Å². The number of benzene rings is 3. The van der Waals surface area contributed by atoms with Crippen LogP contribution in [0.25, 0.3) is 0 Å². The molecule has 1 atom stereocenters. The largest absolute Gasteiger partial charge is 0.352 e. The van der Waals surface area contributed by atoms with Gasteiger partial charge in [-0.1, -0.05) is 97.1 Å². The number of nitrogens with one attached hydrogen (secondary N) is 1. The van der Waals surface area contributed by atoms with E-state index in [4.69, 9.17) is 23.2 Å². The van der Waals surface area contributed by atoms with Crippen molar-refractivity contribution < 1.29 is 18.0 Å². The highest BCUT2D eigenvalue weighted by Gasteiger charge is 2.32. The molecular weight excluding hydrogens is 605 g/mol. The van der Waals surface area contributed by atoms with Crippen molar-refractivity contribution in [3.05, 3.63) is 100 Å². The molecule has 4 rings (SSSR count). The summed E-state index contributed by atoms with van der Waals surface area (Å²) in [6.07, 6.45) is 5.81. The van der Waals surface area contributed by atoms with Crippen LogP contribution in [-0.4, -0.2) is 55.1 Å². The minimum Gasteiger partial charge on any atom is -0.352 e. The number of hydrogen-bond acceptors (Lipinski definition) is 4. The van der Waals surface area contributed by atoms with Gasteiger partial charge in [-0.15, -0.1) is 0 Å². The third-order valence-corrected chi connectivity index (χ3v) is 10.4. The lowest BCUT2D eigenvalue weighted by Crippen LogP contribution is -2.53. The number of amides is 2. The molecule has 0 bridgehead atoms. The Balaban J connectivity index is 1.57. The standard InChI is InChI=1S/C33H39Cl2N3O4S/c1-37(43(41,42)29-16-9-4-10-17-29)21-11-18-32(39)38(24-26-19-20-27(34)23-30(26)35)31(22-25-12-5-2-6-13-25)33(40)36-28-14-7-3-8-15-28/h2,4-6,9-10,12-13,16-17,19-20,23,28,31H,3,7-8,11,14-15,18,21-22,24H2,1H3,(H,36,40)/t31-/m0/s1. The summed E-state index contributed by atoms with van der Waals surface area (Å²) in [7, 11) is -2.18. The van der Waals surface area contributed by atoms with E-state index in [2.05, 4.69) is 5.32 Å². The van der Waals surface area contributed by atoms with Crippen LogP contribution >= 0.6 is 23.2 Å². The third-order valence-electron chi connectivity index (χ3n) is 7.89. The molecule has 0 saturated heterocycles. The first kappa shape index (κ1) is 33.0. The first-order valence-electron chi connectivity index (χ1n) is 14.7. The van der Waals surface area contributed by atoms with Crippen LogP contribution in [0.5, 0.6) is 0 Å². The molecule has 0 heterocycles. The molecule has 230 valence electrons. The van der Waals surface area contributed by atoms with Crippen molar-refractivity contribution in [1.29, 1.82) is 0 Å². The Morgan fingerprint density at radius 2 is 1.58 bits per heavy atom. The Hall–Kier alpha value is -2.91. The van der Waals surface area contributed by atoms with Crippen LogP contribution in [0.3, 0.4) is 0 Å². The molecule has 1 fully saturated rings. The lowest BCUT2D eigenvalue weighted by Gasteiger charge is -2.34. The van der Waals surface area contributed by atoms with Crippen LogP contribution in [0.1, 0.15) is 56.1 Å². The lowest BCUT2D eigenvalue weighted by molar-refractivity contribution is -0.141. The van der Waals surface area contributed by atoms with Gasteiger partial charge >= 0.3 is 0 Å². The highest BCUT2D eigenvalue weighted by molar-refractivity contribution is 7.89. The zero-order valence-corrected chi connectivity index (χ0v) is 26.8. The lowest BCUT2D eigenvalue weighted by atomic mass is 9.94. The smallest absolute Gasteiger partial charge is 0.243 e. The second-order valence-corrected chi connectivity index (χ2v) is 13.9. The van der Waals surface area contributed by atoms with E-state index >= 15 is 0 Å². The van der Waals surface area contributed by atoms with Crippen molar-refractivity contribution in [2.45, 2.75) is 74.9 Å². The van der Waals surface area contributed by atoms with Crippen LogP contribution in [0, 0.1) is 0 Å². The second-order valence-electron chi connectivity index (χ2n) is 11.0. The third kappa shape index (κ3) is 9.29. The van der Waals surface area contributed by atoms with Crippen LogP contribution in [0.4, 0.5) is 0 Å². The van der Waals surface area contributed by atoms with E-state index in [1.54, 1.807) is 53.4 Å². The SMILES string of the molecule is CN(CCCC(=O)N(Cc1ccc(Cl)cc1Cl)[C@@H](Cc1ccccc1)C(=O)NC1CCCCC1)S(=O)(=O)c1ccccc1. The summed E-state index contributed by atoms with van der Waals surface area (Å²) < 4.78 is 27.2. The Bertz CT molecular complexity index is 1470. The van der Waals surface area contributed by atoms with Crippen molar-refractivity contribution in [2.75, 3.05) is 13.6 Å². The summed E-state index contributed by atoms with van der Waals surface area (Å²) in [4.78, 5) is 29.7. The average molecular weight is 645 g/mol. The van der Waals surface area contributed by atoms with Gasteiger partial charge in [-0.3, -0.25) is 9.59 Å². The normalized spacial score (nSPS) is 14.8. The van der Waals surface area contributed by atoms with Gasteiger partial charge in [0.05, 0.1) is 4.90 Å². The molecule has 1 saturated carbocycles. The quantitative estimate of drug-likeness (QED) is 0.231. The minimum absolute atomic E-state index is 0.0574. The molecule has 10 heteroatoms. The van der Waals surface area contributed by atoms with Crippen LogP contribution in [-0.2, 0) is 32.6 Å². The summed E-state index contributed by atoms with van der Waals surface area (Å²) >= 11 is 12.7. The van der Waals surface area contributed by atoms with Crippen LogP contribution < -0.4 is 5.32 Å². The van der Waals surface area contributed by atoms with Crippen molar-refractivity contribution in [2.24, 2.45) is 0 Å². The molecule has 0 aromatic heterocycles. The number of carbonyl (C=O) groups is 2. The number of nitrogens with zero attached hydrogens (tertiary/aromatic N) is 2. The minimum atomic E-state index is -3.69. The molecular formula is C33H39Cl2N3O4S. The van der Waals surface area contributed by atoms with Gasteiger partial charge in [0.25, 0.3) is 0 Å². The van der Waals surface area contributed by atoms with E-state index in [0.29, 0.717) is 22.0 Å². The van der Waals surface area contributed by atoms with Crippen molar-refractivity contribution >= 4 is 45.0 Å². The molecule has 7 nitrogen and oxygen atoms in total. The van der Waals surface area contributed by atoms with Gasteiger partial charge in [0.15, 0.2) is 0 Å². The number of rotatable bonds is 13. The molecule has 0 spiro atoms. The fourth-order valence-corrected chi connectivity index (χ4v) is 7.12. The Morgan fingerprint density at radius 3 is 2.23 bits per heavy atom. The van der Waals surface area contributed by atoms with Gasteiger partial charge in [-0.2, -0.15) is 0 Å². The predicted octanol–water partition coefficient (Wildman–Crippen LogP) is 6.48. The van der Waals surface area contributed by atoms with Crippen molar-refractivity contribution in [3.8, 4) is 0 Å². The summed E-state index contributed by atoms with van der Waals surface area (Å²) in [6.45, 7) is 0.263. The van der Waals surface area contributed by atoms with E-state index in [1.165, 1.54) is 11.4 Å². The number of halogens is 2. The molecule has 1 aliphatic carbocycles. The number of hydrogen-bond donors (Lipinski definition) is 1. The van der Waals surface area contributed by atoms with Crippen LogP contribution in [0.15, 0.2) is 83.8 Å². The predicted molar refractivity (Wildman–Crippen MR) is 171 cm³/mol. The first-order valence-corrected chi connectivity index (χ1v) is 16.9. The topological polar surface area (TPSA) is 86.8 Å². The van der Waals surface area contributed by atoms with Gasteiger partial charge in [0, 0.05) is 49.1 Å². The molecule has 43 heavy (non-hydrogen) atoms. The number of sulfonamides is 1. The summed E-state index contributed by atoms with van der Waals surface area (Å²) in [5.41, 5.74) is 1.60. The Labute approximate surface area is 265 Å². The average Bonchev–Trinajstić information content (AvgIpc) is 3.01. The maximum Gasteiger partial charge on any atom is 0.243 e. The van der Waals surface area contributed by atoms with E-state index < -0.39 is 16.1 Å². The maximum absolute atomic E-state index is 14.0. The van der Waals surface area contributed by atoms with Gasteiger partial charge < -0.3 is 10.2 Å². The molecule has 0 aliphatic heterocycles. The molecule has 3 aromatic rings. The van der Waals surface area contributed by atoms with E-state index in [1.807, 2.05) is 30.3 Å². The molecule has 0 radical (unpaired) electrons. The van der Waals surface area contributed by atoms with Gasteiger partial charge in [-0.25, -0.2) is 12.7 Å². The Kier molecular flexibility index (Phi) is 12.1. The molecule has 0 unspecified atom stereocenters. The van der Waals surface area contributed by atoms with Crippen LogP contribution in [0.2, 0.25) is 10.0 Å². The monoisotopic (exact) mass is 643 g/mol. The van der Waals surface area contributed by atoms with Gasteiger partial charge in [0.2, 0.25) is 21.8 Å². The van der Waals surface area contributed by atoms with Crippen molar-refractivity contribution in [1.82, 2.24) is 14.5 Å². The summed E-state index contributed by atoms with van der Waals surface area (Å²) in [6, 6.07) is 22.2. The molecule has 1 aliphatic rings. The highest BCUT2D eigenvalue weighted by atomic mass is 35.5. The summed E-state index contributed by atoms with van der Waals surface area (Å²) in [5, 5.41) is 4.11. The second kappa shape index (κ2) is 15.7. The van der Waals surface area contributed by atoms with Gasteiger partial charge in [0.1, 0.15) is 6.04 Å². The molecule has 1 N–H and O–H groups in total. The fraction of sp³-hybridized carbons (Fsp3) is 0.394. The highest BCUT2D eigenvalue weighted by Crippen LogP contribution is 2.25. The van der Waals surface area contributed by atoms with E-state index in [-0.39, 0.29) is 48.7 Å².